The van der Waals surface area contributed by atoms with E-state index < -0.39 is 0 Å². The molecule has 2 aromatic rings. The van der Waals surface area contributed by atoms with Gasteiger partial charge in [-0.25, -0.2) is 4.98 Å². The molecule has 0 saturated heterocycles. The molecule has 2 heterocycles. The Bertz CT molecular complexity index is 565. The molecule has 0 aliphatic rings. The average Bonchev–Trinajstić information content (AvgIpc) is 2.77. The third kappa shape index (κ3) is 2.68. The van der Waals surface area contributed by atoms with Crippen molar-refractivity contribution in [2.24, 2.45) is 0 Å². The van der Waals surface area contributed by atoms with Crippen LogP contribution in [0.2, 0.25) is 5.15 Å². The molecule has 0 spiro atoms. The van der Waals surface area contributed by atoms with Gasteiger partial charge in [0, 0.05) is 12.2 Å². The van der Waals surface area contributed by atoms with Gasteiger partial charge in [0.05, 0.1) is 12.4 Å². The van der Waals surface area contributed by atoms with Crippen molar-refractivity contribution in [3.8, 4) is 0 Å². The normalized spacial score (nSPS) is 10.7. The van der Waals surface area contributed by atoms with E-state index in [9.17, 15) is 4.79 Å². The summed E-state index contributed by atoms with van der Waals surface area (Å²) >= 11 is 5.70. The monoisotopic (exact) mass is 264 g/mol. The summed E-state index contributed by atoms with van der Waals surface area (Å²) < 4.78 is 1.88. The predicted molar refractivity (Wildman–Crippen MR) is 69.8 cm³/mol. The van der Waals surface area contributed by atoms with Crippen LogP contribution in [0, 0.1) is 0 Å². The minimum absolute atomic E-state index is 0.214. The van der Waals surface area contributed by atoms with Gasteiger partial charge in [-0.1, -0.05) is 11.6 Å². The molecule has 1 amide bonds. The summed E-state index contributed by atoms with van der Waals surface area (Å²) in [7, 11) is 0. The SMILES string of the molecule is CC(C)n1cccc1C(=O)Nc1cncc(Cl)n1. The van der Waals surface area contributed by atoms with Crippen molar-refractivity contribution in [1.29, 1.82) is 0 Å². The Morgan fingerprint density at radius 1 is 1.44 bits per heavy atom. The minimum Gasteiger partial charge on any atom is -0.341 e. The van der Waals surface area contributed by atoms with E-state index in [0.717, 1.165) is 0 Å². The first-order chi connectivity index (χ1) is 8.58. The fourth-order valence-corrected chi connectivity index (χ4v) is 1.77. The molecule has 6 heteroatoms. The molecule has 0 bridgehead atoms. The molecule has 0 atom stereocenters. The maximum Gasteiger partial charge on any atom is 0.273 e. The zero-order valence-corrected chi connectivity index (χ0v) is 10.8. The van der Waals surface area contributed by atoms with Gasteiger partial charge in [-0.15, -0.1) is 0 Å². The van der Waals surface area contributed by atoms with Gasteiger partial charge in [-0.05, 0) is 26.0 Å². The Morgan fingerprint density at radius 3 is 2.89 bits per heavy atom. The van der Waals surface area contributed by atoms with Crippen LogP contribution in [0.15, 0.2) is 30.7 Å². The average molecular weight is 265 g/mol. The summed E-state index contributed by atoms with van der Waals surface area (Å²) in [5.74, 6) is 0.106. The van der Waals surface area contributed by atoms with Gasteiger partial charge in [0.2, 0.25) is 0 Å². The van der Waals surface area contributed by atoms with Crippen molar-refractivity contribution >= 4 is 23.3 Å². The van der Waals surface area contributed by atoms with Crippen molar-refractivity contribution in [3.63, 3.8) is 0 Å². The standard InChI is InChI=1S/C12H13ClN4O/c1-8(2)17-5-3-4-9(17)12(18)16-11-7-14-6-10(13)15-11/h3-8H,1-2H3,(H,15,16,18). The van der Waals surface area contributed by atoms with Crippen molar-refractivity contribution in [3.05, 3.63) is 41.6 Å². The van der Waals surface area contributed by atoms with E-state index in [1.54, 1.807) is 6.07 Å². The molecule has 2 aromatic heterocycles. The number of halogens is 1. The lowest BCUT2D eigenvalue weighted by Gasteiger charge is -2.12. The molecule has 0 unspecified atom stereocenters. The molecule has 18 heavy (non-hydrogen) atoms. The number of carbonyl (C=O) groups excluding carboxylic acids is 1. The number of aromatic nitrogens is 3. The highest BCUT2D eigenvalue weighted by atomic mass is 35.5. The summed E-state index contributed by atoms with van der Waals surface area (Å²) in [5.41, 5.74) is 0.576. The number of nitrogens with one attached hydrogen (secondary N) is 1. The van der Waals surface area contributed by atoms with Crippen LogP contribution >= 0.6 is 11.6 Å². The molecule has 0 fully saturated rings. The zero-order valence-electron chi connectivity index (χ0n) is 10.1. The van der Waals surface area contributed by atoms with Gasteiger partial charge in [-0.3, -0.25) is 9.78 Å². The van der Waals surface area contributed by atoms with E-state index in [-0.39, 0.29) is 17.1 Å². The molecule has 5 nitrogen and oxygen atoms in total. The summed E-state index contributed by atoms with van der Waals surface area (Å²) in [6.07, 6.45) is 4.73. The number of carbonyl (C=O) groups is 1. The van der Waals surface area contributed by atoms with Crippen molar-refractivity contribution in [2.45, 2.75) is 19.9 Å². The van der Waals surface area contributed by atoms with Crippen LogP contribution < -0.4 is 5.32 Å². The van der Waals surface area contributed by atoms with Crippen molar-refractivity contribution < 1.29 is 4.79 Å². The van der Waals surface area contributed by atoms with E-state index in [1.807, 2.05) is 30.7 Å². The van der Waals surface area contributed by atoms with E-state index in [4.69, 9.17) is 11.6 Å². The predicted octanol–water partition coefficient (Wildman–Crippen LogP) is 2.76. The van der Waals surface area contributed by atoms with Crippen LogP contribution in [-0.2, 0) is 0 Å². The molecular weight excluding hydrogens is 252 g/mol. The lowest BCUT2D eigenvalue weighted by Crippen LogP contribution is -2.18. The zero-order chi connectivity index (χ0) is 13.1. The fraction of sp³-hybridized carbons (Fsp3) is 0.250. The summed E-state index contributed by atoms with van der Waals surface area (Å²) in [5, 5.41) is 2.91. The number of nitrogens with zero attached hydrogens (tertiary/aromatic N) is 3. The maximum absolute atomic E-state index is 12.1. The molecule has 0 aliphatic heterocycles. The third-order valence-electron chi connectivity index (χ3n) is 2.41. The molecular formula is C12H13ClN4O. The van der Waals surface area contributed by atoms with E-state index in [0.29, 0.717) is 11.5 Å². The van der Waals surface area contributed by atoms with Crippen LogP contribution in [0.4, 0.5) is 5.82 Å². The largest absolute Gasteiger partial charge is 0.341 e. The van der Waals surface area contributed by atoms with Crippen molar-refractivity contribution in [2.75, 3.05) is 5.32 Å². The molecule has 94 valence electrons. The number of hydrogen-bond donors (Lipinski definition) is 1. The summed E-state index contributed by atoms with van der Waals surface area (Å²) in [4.78, 5) is 19.9. The van der Waals surface area contributed by atoms with Crippen molar-refractivity contribution in [1.82, 2.24) is 14.5 Å². The van der Waals surface area contributed by atoms with Crippen LogP contribution in [-0.4, -0.2) is 20.4 Å². The second-order valence-electron chi connectivity index (χ2n) is 4.08. The Hall–Kier alpha value is -1.88. The third-order valence-corrected chi connectivity index (χ3v) is 2.60. The molecule has 2 rings (SSSR count). The lowest BCUT2D eigenvalue weighted by atomic mass is 10.3. The van der Waals surface area contributed by atoms with E-state index in [1.165, 1.54) is 12.4 Å². The first-order valence-corrected chi connectivity index (χ1v) is 5.91. The second kappa shape index (κ2) is 5.18. The van der Waals surface area contributed by atoms with Crippen LogP contribution in [0.25, 0.3) is 0 Å². The van der Waals surface area contributed by atoms with Gasteiger partial charge >= 0.3 is 0 Å². The highest BCUT2D eigenvalue weighted by Gasteiger charge is 2.13. The molecule has 0 aromatic carbocycles. The van der Waals surface area contributed by atoms with E-state index in [2.05, 4.69) is 15.3 Å². The molecule has 0 aliphatic carbocycles. The Morgan fingerprint density at radius 2 is 2.22 bits per heavy atom. The van der Waals surface area contributed by atoms with Gasteiger partial charge < -0.3 is 9.88 Å². The van der Waals surface area contributed by atoms with Gasteiger partial charge in [-0.2, -0.15) is 0 Å². The number of anilines is 1. The quantitative estimate of drug-likeness (QED) is 0.927. The fourth-order valence-electron chi connectivity index (χ4n) is 1.62. The highest BCUT2D eigenvalue weighted by Crippen LogP contribution is 2.13. The Labute approximate surface area is 110 Å². The Kier molecular flexibility index (Phi) is 3.62. The number of rotatable bonds is 3. The summed E-state index contributed by atoms with van der Waals surface area (Å²) in [6.45, 7) is 4.02. The molecule has 1 N–H and O–H groups in total. The van der Waals surface area contributed by atoms with Gasteiger partial charge in [0.25, 0.3) is 5.91 Å². The van der Waals surface area contributed by atoms with Gasteiger partial charge in [0.15, 0.2) is 5.82 Å². The molecule has 0 saturated carbocycles. The summed E-state index contributed by atoms with van der Waals surface area (Å²) in [6, 6.07) is 3.80. The number of amides is 1. The minimum atomic E-state index is -0.231. The smallest absolute Gasteiger partial charge is 0.273 e. The van der Waals surface area contributed by atoms with Crippen LogP contribution in [0.1, 0.15) is 30.4 Å². The number of hydrogen-bond acceptors (Lipinski definition) is 3. The van der Waals surface area contributed by atoms with Crippen LogP contribution in [0.5, 0.6) is 0 Å². The first kappa shape index (κ1) is 12.6. The topological polar surface area (TPSA) is 59.8 Å². The Balaban J connectivity index is 2.20. The maximum atomic E-state index is 12.1. The van der Waals surface area contributed by atoms with Crippen LogP contribution in [0.3, 0.4) is 0 Å². The van der Waals surface area contributed by atoms with E-state index >= 15 is 0 Å². The lowest BCUT2D eigenvalue weighted by molar-refractivity contribution is 0.101. The second-order valence-corrected chi connectivity index (χ2v) is 4.46. The van der Waals surface area contributed by atoms with Gasteiger partial charge in [0.1, 0.15) is 10.8 Å². The first-order valence-electron chi connectivity index (χ1n) is 5.53. The molecule has 0 radical (unpaired) electrons. The highest BCUT2D eigenvalue weighted by molar-refractivity contribution is 6.29.